The number of fused-ring (bicyclic) bond motifs is 8. The highest BCUT2D eigenvalue weighted by Gasteiger charge is 2.61. The van der Waals surface area contributed by atoms with Crippen molar-refractivity contribution in [3.8, 4) is 11.1 Å². The minimum Gasteiger partial charge on any atom is -0.461 e. The van der Waals surface area contributed by atoms with Crippen molar-refractivity contribution in [3.63, 3.8) is 0 Å². The van der Waals surface area contributed by atoms with Gasteiger partial charge in [0.25, 0.3) is 0 Å². The Balaban J connectivity index is 0.953. The van der Waals surface area contributed by atoms with Crippen LogP contribution in [0, 0.1) is 46.3 Å². The SMILES string of the molecule is CC(=O)[C@H]1CC[C@H]2[C@@H]3CC[C@H]4C[C@H](OC(=O)[C@@H](NC(=O)OCC5c6ccccc6-c6ccccc65)C(C)C)CC[C@]4(C)[C@H]3CC[C@]12C. The minimum absolute atomic E-state index is 0.0358. The van der Waals surface area contributed by atoms with Gasteiger partial charge in [-0.15, -0.1) is 0 Å². The van der Waals surface area contributed by atoms with E-state index in [1.54, 1.807) is 0 Å². The van der Waals surface area contributed by atoms with E-state index in [1.807, 2.05) is 45.0 Å². The van der Waals surface area contributed by atoms with Crippen LogP contribution in [-0.2, 0) is 19.1 Å². The monoisotopic (exact) mass is 639 g/mol. The van der Waals surface area contributed by atoms with Crippen molar-refractivity contribution < 1.29 is 23.9 Å². The van der Waals surface area contributed by atoms with E-state index in [9.17, 15) is 14.4 Å². The summed E-state index contributed by atoms with van der Waals surface area (Å²) in [5.41, 5.74) is 5.11. The molecule has 5 aliphatic rings. The topological polar surface area (TPSA) is 81.7 Å². The maximum absolute atomic E-state index is 13.6. The first-order valence-corrected chi connectivity index (χ1v) is 18.3. The van der Waals surface area contributed by atoms with E-state index >= 15 is 0 Å². The number of ketones is 1. The fourth-order valence-electron chi connectivity index (χ4n) is 11.5. The maximum Gasteiger partial charge on any atom is 0.407 e. The number of benzene rings is 2. The Bertz CT molecular complexity index is 1490. The summed E-state index contributed by atoms with van der Waals surface area (Å²) in [6, 6.07) is 15.8. The fourth-order valence-corrected chi connectivity index (χ4v) is 11.5. The lowest BCUT2D eigenvalue weighted by molar-refractivity contribution is -0.166. The maximum atomic E-state index is 13.6. The van der Waals surface area contributed by atoms with E-state index in [-0.39, 0.29) is 47.3 Å². The normalized spacial score (nSPS) is 34.7. The highest BCUT2D eigenvalue weighted by atomic mass is 16.6. The molecule has 6 heteroatoms. The molecule has 2 aromatic carbocycles. The highest BCUT2D eigenvalue weighted by Crippen LogP contribution is 2.67. The Labute approximate surface area is 280 Å². The smallest absolute Gasteiger partial charge is 0.407 e. The van der Waals surface area contributed by atoms with Crippen LogP contribution in [0.5, 0.6) is 0 Å². The number of carbonyl (C=O) groups excluding carboxylic acids is 3. The van der Waals surface area contributed by atoms with Crippen LogP contribution in [0.15, 0.2) is 48.5 Å². The van der Waals surface area contributed by atoms with Crippen molar-refractivity contribution in [2.75, 3.05) is 6.61 Å². The van der Waals surface area contributed by atoms with E-state index in [2.05, 4.69) is 43.4 Å². The molecule has 2 aromatic rings. The van der Waals surface area contributed by atoms with E-state index < -0.39 is 12.1 Å². The van der Waals surface area contributed by atoms with E-state index in [4.69, 9.17) is 9.47 Å². The van der Waals surface area contributed by atoms with Gasteiger partial charge in [0.05, 0.1) is 0 Å². The van der Waals surface area contributed by atoms with Crippen molar-refractivity contribution in [1.82, 2.24) is 5.32 Å². The summed E-state index contributed by atoms with van der Waals surface area (Å²) in [7, 11) is 0. The zero-order valence-electron chi connectivity index (χ0n) is 28.9. The van der Waals surface area contributed by atoms with Crippen LogP contribution in [0.4, 0.5) is 4.79 Å². The first-order chi connectivity index (χ1) is 22.5. The molecule has 7 rings (SSSR count). The first kappa shape index (κ1) is 32.4. The molecule has 9 atom stereocenters. The average Bonchev–Trinajstić information content (AvgIpc) is 3.57. The molecule has 0 spiro atoms. The minimum atomic E-state index is -0.762. The summed E-state index contributed by atoms with van der Waals surface area (Å²) in [4.78, 5) is 39.2. The number of carbonyl (C=O) groups is 3. The van der Waals surface area contributed by atoms with Gasteiger partial charge in [-0.2, -0.15) is 0 Å². The number of hydrogen-bond acceptors (Lipinski definition) is 5. The molecule has 47 heavy (non-hydrogen) atoms. The largest absolute Gasteiger partial charge is 0.461 e. The number of hydrogen-bond donors (Lipinski definition) is 1. The van der Waals surface area contributed by atoms with Gasteiger partial charge in [-0.1, -0.05) is 76.2 Å². The molecular weight excluding hydrogens is 586 g/mol. The van der Waals surface area contributed by atoms with Crippen molar-refractivity contribution in [3.05, 3.63) is 59.7 Å². The molecule has 0 heterocycles. The van der Waals surface area contributed by atoms with Gasteiger partial charge in [-0.05, 0) is 127 Å². The summed E-state index contributed by atoms with van der Waals surface area (Å²) in [6.45, 7) is 10.8. The Hall–Kier alpha value is -3.15. The van der Waals surface area contributed by atoms with Crippen molar-refractivity contribution in [2.24, 2.45) is 46.3 Å². The predicted molar refractivity (Wildman–Crippen MR) is 183 cm³/mol. The van der Waals surface area contributed by atoms with Crippen LogP contribution < -0.4 is 5.32 Å². The number of rotatable bonds is 7. The zero-order chi connectivity index (χ0) is 33.1. The zero-order valence-corrected chi connectivity index (χ0v) is 28.9. The van der Waals surface area contributed by atoms with Crippen LogP contribution in [0.3, 0.4) is 0 Å². The van der Waals surface area contributed by atoms with Gasteiger partial charge in [0, 0.05) is 11.8 Å². The van der Waals surface area contributed by atoms with Crippen LogP contribution in [0.25, 0.3) is 11.1 Å². The number of nitrogens with one attached hydrogen (secondary N) is 1. The molecule has 4 saturated carbocycles. The third kappa shape index (κ3) is 5.52. The van der Waals surface area contributed by atoms with E-state index in [0.717, 1.165) is 36.8 Å². The Morgan fingerprint density at radius 3 is 2.13 bits per heavy atom. The number of ether oxygens (including phenoxy) is 2. The molecule has 252 valence electrons. The fraction of sp³-hybridized carbons (Fsp3) is 0.634. The second kappa shape index (κ2) is 12.4. The van der Waals surface area contributed by atoms with Gasteiger partial charge in [0.2, 0.25) is 0 Å². The van der Waals surface area contributed by atoms with Crippen molar-refractivity contribution in [2.45, 2.75) is 110 Å². The molecule has 5 aliphatic carbocycles. The molecule has 4 fully saturated rings. The summed E-state index contributed by atoms with van der Waals surface area (Å²) in [5, 5.41) is 2.86. The lowest BCUT2D eigenvalue weighted by atomic mass is 9.44. The van der Waals surface area contributed by atoms with Gasteiger partial charge >= 0.3 is 12.1 Å². The van der Waals surface area contributed by atoms with Crippen LogP contribution in [0.2, 0.25) is 0 Å². The third-order valence-corrected chi connectivity index (χ3v) is 13.9. The molecule has 0 aliphatic heterocycles. The van der Waals surface area contributed by atoms with Gasteiger partial charge in [-0.3, -0.25) is 4.79 Å². The van der Waals surface area contributed by atoms with E-state index in [1.165, 1.54) is 43.2 Å². The number of esters is 1. The quantitative estimate of drug-likeness (QED) is 0.307. The lowest BCUT2D eigenvalue weighted by Crippen LogP contribution is -2.55. The lowest BCUT2D eigenvalue weighted by Gasteiger charge is -2.61. The summed E-state index contributed by atoms with van der Waals surface area (Å²) < 4.78 is 12.0. The van der Waals surface area contributed by atoms with Gasteiger partial charge in [-0.25, -0.2) is 9.59 Å². The first-order valence-electron chi connectivity index (χ1n) is 18.3. The van der Waals surface area contributed by atoms with Crippen LogP contribution >= 0.6 is 0 Å². The Morgan fingerprint density at radius 1 is 0.830 bits per heavy atom. The molecule has 0 saturated heterocycles. The standard InChI is InChI=1S/C41H53NO5/c1-24(2)37(42-39(45)46-23-33-30-12-8-6-10-28(30)29-11-7-9-13-31(29)33)38(44)47-27-18-20-40(4)26(22-27)14-15-32-35-17-16-34(25(3)43)41(35,5)21-19-36(32)40/h6-13,24,26-27,32-37H,14-23H2,1-5H3,(H,42,45)/t26-,27+,32-,34+,35-,36-,37-,40-,41+/m0/s1. The molecule has 6 nitrogen and oxygen atoms in total. The molecular formula is C41H53NO5. The number of Topliss-reactive ketones (excluding diaryl/α,β-unsaturated/α-hetero) is 1. The molecule has 0 radical (unpaired) electrons. The molecule has 1 amide bonds. The third-order valence-electron chi connectivity index (χ3n) is 13.9. The van der Waals surface area contributed by atoms with Crippen LogP contribution in [0.1, 0.15) is 109 Å². The highest BCUT2D eigenvalue weighted by molar-refractivity contribution is 5.82. The molecule has 0 unspecified atom stereocenters. The summed E-state index contributed by atoms with van der Waals surface area (Å²) >= 11 is 0. The summed E-state index contributed by atoms with van der Waals surface area (Å²) in [6.07, 6.45) is 9.21. The Kier molecular flexibility index (Phi) is 8.54. The molecule has 0 bridgehead atoms. The second-order valence-electron chi connectivity index (χ2n) is 16.5. The summed E-state index contributed by atoms with van der Waals surface area (Å²) in [5.74, 6) is 2.72. The average molecular weight is 640 g/mol. The van der Waals surface area contributed by atoms with Crippen LogP contribution in [-0.4, -0.2) is 36.6 Å². The van der Waals surface area contributed by atoms with E-state index in [0.29, 0.717) is 29.5 Å². The predicted octanol–water partition coefficient (Wildman–Crippen LogP) is 8.71. The number of amides is 1. The van der Waals surface area contributed by atoms with Crippen molar-refractivity contribution >= 4 is 17.8 Å². The Morgan fingerprint density at radius 2 is 1.47 bits per heavy atom. The number of alkyl carbamates (subject to hydrolysis) is 1. The van der Waals surface area contributed by atoms with Gasteiger partial charge in [0.15, 0.2) is 0 Å². The van der Waals surface area contributed by atoms with Gasteiger partial charge in [0.1, 0.15) is 24.5 Å². The second-order valence-corrected chi connectivity index (χ2v) is 16.5. The molecule has 0 aromatic heterocycles. The molecule has 1 N–H and O–H groups in total. The van der Waals surface area contributed by atoms with Crippen molar-refractivity contribution in [1.29, 1.82) is 0 Å². The van der Waals surface area contributed by atoms with Gasteiger partial charge < -0.3 is 14.8 Å².